The molecule has 4 aromatic rings. The highest BCUT2D eigenvalue weighted by Gasteiger charge is 2.23. The number of benzene rings is 1. The van der Waals surface area contributed by atoms with E-state index < -0.39 is 0 Å². The third kappa shape index (κ3) is 5.37. The van der Waals surface area contributed by atoms with E-state index in [2.05, 4.69) is 36.4 Å². The van der Waals surface area contributed by atoms with Gasteiger partial charge in [-0.3, -0.25) is 9.36 Å². The van der Waals surface area contributed by atoms with E-state index in [1.165, 1.54) is 23.1 Å². The van der Waals surface area contributed by atoms with E-state index in [4.69, 9.17) is 9.15 Å². The third-order valence-electron chi connectivity index (χ3n) is 5.09. The molecule has 1 fully saturated rings. The molecule has 1 aromatic carbocycles. The quantitative estimate of drug-likeness (QED) is 0.299. The highest BCUT2D eigenvalue weighted by atomic mass is 79.9. The van der Waals surface area contributed by atoms with Crippen LogP contribution in [0.1, 0.15) is 12.8 Å². The molecule has 1 aliphatic heterocycles. The van der Waals surface area contributed by atoms with E-state index in [0.717, 1.165) is 35.2 Å². The van der Waals surface area contributed by atoms with E-state index >= 15 is 0 Å². The summed E-state index contributed by atoms with van der Waals surface area (Å²) in [5.41, 5.74) is 1.83. The first-order chi connectivity index (χ1) is 16.2. The molecule has 1 N–H and O–H groups in total. The van der Waals surface area contributed by atoms with Crippen LogP contribution in [0.4, 0.5) is 5.13 Å². The molecular formula is C22H20BrN5O3S2. The second-order valence-corrected chi connectivity index (χ2v) is 10.1. The Morgan fingerprint density at radius 2 is 2.15 bits per heavy atom. The van der Waals surface area contributed by atoms with Gasteiger partial charge in [0.1, 0.15) is 0 Å². The summed E-state index contributed by atoms with van der Waals surface area (Å²) in [6, 6.07) is 11.6. The first-order valence-corrected chi connectivity index (χ1v) is 13.0. The fourth-order valence-electron chi connectivity index (χ4n) is 3.51. The van der Waals surface area contributed by atoms with E-state index in [0.29, 0.717) is 28.4 Å². The summed E-state index contributed by atoms with van der Waals surface area (Å²) in [6.45, 7) is 1.39. The molecule has 1 saturated heterocycles. The maximum atomic E-state index is 12.6. The Balaban J connectivity index is 1.24. The van der Waals surface area contributed by atoms with Crippen LogP contribution in [0.5, 0.6) is 0 Å². The monoisotopic (exact) mass is 545 g/mol. The van der Waals surface area contributed by atoms with Crippen molar-refractivity contribution in [2.45, 2.75) is 30.6 Å². The number of furan rings is 1. The summed E-state index contributed by atoms with van der Waals surface area (Å²) < 4.78 is 14.3. The average molecular weight is 546 g/mol. The molecule has 0 radical (unpaired) electrons. The number of hydrogen-bond acceptors (Lipinski definition) is 8. The van der Waals surface area contributed by atoms with E-state index in [1.54, 1.807) is 6.26 Å². The van der Waals surface area contributed by atoms with Gasteiger partial charge in [0, 0.05) is 22.0 Å². The number of thioether (sulfide) groups is 1. The number of ether oxygens (including phenoxy) is 1. The van der Waals surface area contributed by atoms with Crippen molar-refractivity contribution in [2.75, 3.05) is 17.7 Å². The smallest absolute Gasteiger partial charge is 0.236 e. The lowest BCUT2D eigenvalue weighted by Gasteiger charge is -2.13. The number of nitrogens with zero attached hydrogens (tertiary/aromatic N) is 4. The van der Waals surface area contributed by atoms with Crippen molar-refractivity contribution in [1.82, 2.24) is 19.7 Å². The van der Waals surface area contributed by atoms with Crippen LogP contribution in [0, 0.1) is 0 Å². The minimum atomic E-state index is -0.150. The lowest BCUT2D eigenvalue weighted by molar-refractivity contribution is -0.113. The SMILES string of the molecule is O=C(CSc1nnc(-c2ccco2)n1CC1CCCO1)Nc1nc(-c2ccc(Br)cc2)cs1. The fraction of sp³-hybridized carbons (Fsp3) is 0.273. The van der Waals surface area contributed by atoms with Crippen molar-refractivity contribution in [3.8, 4) is 22.8 Å². The molecule has 3 aromatic heterocycles. The number of carbonyl (C=O) groups is 1. The van der Waals surface area contributed by atoms with Crippen molar-refractivity contribution in [2.24, 2.45) is 0 Å². The molecule has 170 valence electrons. The average Bonchev–Trinajstić information content (AvgIpc) is 3.61. The normalized spacial score (nSPS) is 15.7. The standard InChI is InChI=1S/C22H20BrN5O3S2/c23-15-7-5-14(6-8-15)17-12-32-21(24-17)25-19(29)13-33-22-27-26-20(18-4-2-10-31-18)28(22)11-16-3-1-9-30-16/h2,4-8,10,12,16H,1,3,9,11,13H2,(H,24,25,29). The Bertz CT molecular complexity index is 1220. The lowest BCUT2D eigenvalue weighted by Crippen LogP contribution is -2.18. The van der Waals surface area contributed by atoms with E-state index in [1.807, 2.05) is 46.3 Å². The van der Waals surface area contributed by atoms with Crippen LogP contribution in [0.3, 0.4) is 0 Å². The molecule has 1 amide bonds. The zero-order chi connectivity index (χ0) is 22.6. The van der Waals surface area contributed by atoms with Crippen molar-refractivity contribution in [3.63, 3.8) is 0 Å². The van der Waals surface area contributed by atoms with Crippen LogP contribution < -0.4 is 5.32 Å². The second kappa shape index (κ2) is 10.2. The first-order valence-electron chi connectivity index (χ1n) is 10.4. The first kappa shape index (κ1) is 22.3. The molecule has 0 saturated carbocycles. The van der Waals surface area contributed by atoms with Gasteiger partial charge in [0.2, 0.25) is 11.7 Å². The minimum Gasteiger partial charge on any atom is -0.461 e. The summed E-state index contributed by atoms with van der Waals surface area (Å²) in [4.78, 5) is 17.1. The molecule has 0 spiro atoms. The Hall–Kier alpha value is -2.47. The molecular weight excluding hydrogens is 526 g/mol. The Morgan fingerprint density at radius 1 is 1.27 bits per heavy atom. The predicted octanol–water partition coefficient (Wildman–Crippen LogP) is 5.33. The number of thiazole rings is 1. The number of hydrogen-bond donors (Lipinski definition) is 1. The third-order valence-corrected chi connectivity index (χ3v) is 7.34. The van der Waals surface area contributed by atoms with E-state index in [-0.39, 0.29) is 17.8 Å². The molecule has 11 heteroatoms. The summed E-state index contributed by atoms with van der Waals surface area (Å²) >= 11 is 6.17. The van der Waals surface area contributed by atoms with Crippen LogP contribution in [0.15, 0.2) is 62.1 Å². The van der Waals surface area contributed by atoms with Gasteiger partial charge in [-0.05, 0) is 37.1 Å². The van der Waals surface area contributed by atoms with Crippen LogP contribution in [-0.2, 0) is 16.1 Å². The fourth-order valence-corrected chi connectivity index (χ4v) is 5.26. The number of aromatic nitrogens is 4. The van der Waals surface area contributed by atoms with Crippen molar-refractivity contribution >= 4 is 50.1 Å². The number of carbonyl (C=O) groups excluding carboxylic acids is 1. The van der Waals surface area contributed by atoms with Gasteiger partial charge < -0.3 is 14.5 Å². The number of rotatable bonds is 8. The summed E-state index contributed by atoms with van der Waals surface area (Å²) in [5.74, 6) is 1.31. The van der Waals surface area contributed by atoms with Crippen molar-refractivity contribution < 1.29 is 13.9 Å². The summed E-state index contributed by atoms with van der Waals surface area (Å²) in [7, 11) is 0. The van der Waals surface area contributed by atoms with Crippen molar-refractivity contribution in [1.29, 1.82) is 0 Å². The summed E-state index contributed by atoms with van der Waals surface area (Å²) in [5, 5.41) is 14.6. The molecule has 1 atom stereocenters. The van der Waals surface area contributed by atoms with Gasteiger partial charge in [0.05, 0.1) is 30.4 Å². The molecule has 33 heavy (non-hydrogen) atoms. The number of amides is 1. The maximum Gasteiger partial charge on any atom is 0.236 e. The Kier molecular flexibility index (Phi) is 6.91. The zero-order valence-corrected chi connectivity index (χ0v) is 20.7. The Morgan fingerprint density at radius 3 is 2.91 bits per heavy atom. The van der Waals surface area contributed by atoms with Gasteiger partial charge in [-0.15, -0.1) is 21.5 Å². The predicted molar refractivity (Wildman–Crippen MR) is 131 cm³/mol. The number of anilines is 1. The van der Waals surface area contributed by atoms with Gasteiger partial charge in [-0.25, -0.2) is 4.98 Å². The minimum absolute atomic E-state index is 0.107. The van der Waals surface area contributed by atoms with Crippen LogP contribution in [-0.4, -0.2) is 44.1 Å². The van der Waals surface area contributed by atoms with Gasteiger partial charge >= 0.3 is 0 Å². The highest BCUT2D eigenvalue weighted by Crippen LogP contribution is 2.28. The molecule has 0 aliphatic carbocycles. The number of halogens is 1. The molecule has 0 bridgehead atoms. The maximum absolute atomic E-state index is 12.6. The summed E-state index contributed by atoms with van der Waals surface area (Å²) in [6.07, 6.45) is 3.75. The zero-order valence-electron chi connectivity index (χ0n) is 17.4. The van der Waals surface area contributed by atoms with Gasteiger partial charge in [0.25, 0.3) is 0 Å². The largest absolute Gasteiger partial charge is 0.461 e. The number of nitrogens with one attached hydrogen (secondary N) is 1. The van der Waals surface area contributed by atoms with Gasteiger partial charge in [0.15, 0.2) is 16.0 Å². The van der Waals surface area contributed by atoms with Crippen LogP contribution in [0.2, 0.25) is 0 Å². The molecule has 8 nitrogen and oxygen atoms in total. The topological polar surface area (TPSA) is 95.1 Å². The highest BCUT2D eigenvalue weighted by molar-refractivity contribution is 9.10. The lowest BCUT2D eigenvalue weighted by atomic mass is 10.2. The van der Waals surface area contributed by atoms with E-state index in [9.17, 15) is 4.79 Å². The van der Waals surface area contributed by atoms with Crippen LogP contribution in [0.25, 0.3) is 22.8 Å². The molecule has 1 unspecified atom stereocenters. The van der Waals surface area contributed by atoms with Crippen LogP contribution >= 0.6 is 39.0 Å². The molecule has 5 rings (SSSR count). The van der Waals surface area contributed by atoms with Gasteiger partial charge in [-0.1, -0.05) is 39.8 Å². The molecule has 1 aliphatic rings. The molecule has 4 heterocycles. The van der Waals surface area contributed by atoms with Gasteiger partial charge in [-0.2, -0.15) is 0 Å². The Labute approximate surface area is 206 Å². The second-order valence-electron chi connectivity index (χ2n) is 7.41. The van der Waals surface area contributed by atoms with Crippen molar-refractivity contribution in [3.05, 3.63) is 52.5 Å².